The van der Waals surface area contributed by atoms with E-state index in [9.17, 15) is 4.79 Å². The second-order valence-electron chi connectivity index (χ2n) is 5.57. The normalized spacial score (nSPS) is 15.0. The largest absolute Gasteiger partial charge is 0.482 e. The number of ether oxygens (including phenoxy) is 1. The van der Waals surface area contributed by atoms with Crippen molar-refractivity contribution in [3.8, 4) is 5.75 Å². The minimum absolute atomic E-state index is 0.0824. The zero-order valence-electron chi connectivity index (χ0n) is 12.1. The van der Waals surface area contributed by atoms with Gasteiger partial charge in [-0.2, -0.15) is 0 Å². The molecule has 1 aromatic heterocycles. The second-order valence-corrected chi connectivity index (χ2v) is 5.57. The molecule has 1 aliphatic rings. The molecule has 0 aliphatic carbocycles. The lowest BCUT2D eigenvalue weighted by atomic mass is 9.91. The summed E-state index contributed by atoms with van der Waals surface area (Å²) < 4.78 is 10.6. The van der Waals surface area contributed by atoms with Crippen LogP contribution in [0.5, 0.6) is 5.75 Å². The van der Waals surface area contributed by atoms with Crippen molar-refractivity contribution >= 4 is 22.4 Å². The van der Waals surface area contributed by atoms with Gasteiger partial charge in [0.15, 0.2) is 6.61 Å². The van der Waals surface area contributed by atoms with Crippen LogP contribution in [0.15, 0.2) is 53.3 Å². The smallest absolute Gasteiger partial charge is 0.262 e. The monoisotopic (exact) mass is 293 g/mol. The number of hydrogen-bond acceptors (Lipinski definition) is 3. The highest BCUT2D eigenvalue weighted by atomic mass is 16.5. The van der Waals surface area contributed by atoms with E-state index in [0.29, 0.717) is 0 Å². The van der Waals surface area contributed by atoms with E-state index < -0.39 is 0 Å². The molecule has 110 valence electrons. The zero-order chi connectivity index (χ0) is 15.1. The molecule has 4 nitrogen and oxygen atoms in total. The third-order valence-electron chi connectivity index (χ3n) is 4.14. The maximum Gasteiger partial charge on any atom is 0.262 e. The van der Waals surface area contributed by atoms with Crippen LogP contribution in [0.2, 0.25) is 0 Å². The van der Waals surface area contributed by atoms with Crippen molar-refractivity contribution in [3.05, 3.63) is 60.1 Å². The molecule has 22 heavy (non-hydrogen) atoms. The van der Waals surface area contributed by atoms with E-state index in [-0.39, 0.29) is 18.4 Å². The van der Waals surface area contributed by atoms with Crippen molar-refractivity contribution in [2.45, 2.75) is 12.8 Å². The molecule has 1 atom stereocenters. The molecule has 0 saturated carbocycles. The highest BCUT2D eigenvalue weighted by Crippen LogP contribution is 2.34. The molecule has 0 radical (unpaired) electrons. The number of anilines is 1. The number of carbonyl (C=O) groups is 1. The molecule has 4 rings (SSSR count). The van der Waals surface area contributed by atoms with Gasteiger partial charge >= 0.3 is 0 Å². The van der Waals surface area contributed by atoms with Crippen LogP contribution in [0.3, 0.4) is 0 Å². The Morgan fingerprint density at radius 1 is 1.05 bits per heavy atom. The Morgan fingerprint density at radius 2 is 1.82 bits per heavy atom. The summed E-state index contributed by atoms with van der Waals surface area (Å²) in [4.78, 5) is 11.4. The van der Waals surface area contributed by atoms with Gasteiger partial charge in [0.1, 0.15) is 5.75 Å². The van der Waals surface area contributed by atoms with Gasteiger partial charge in [0.05, 0.1) is 18.2 Å². The fourth-order valence-electron chi connectivity index (χ4n) is 2.82. The van der Waals surface area contributed by atoms with E-state index in [1.165, 1.54) is 5.56 Å². The van der Waals surface area contributed by atoms with Crippen molar-refractivity contribution in [1.82, 2.24) is 0 Å². The molecular formula is C18H15NO3. The average molecular weight is 293 g/mol. The summed E-state index contributed by atoms with van der Waals surface area (Å²) in [5.41, 5.74) is 3.08. The minimum Gasteiger partial charge on any atom is -0.482 e. The van der Waals surface area contributed by atoms with Crippen molar-refractivity contribution in [3.63, 3.8) is 0 Å². The van der Waals surface area contributed by atoms with Gasteiger partial charge in [-0.25, -0.2) is 0 Å². The average Bonchev–Trinajstić information content (AvgIpc) is 3.01. The zero-order valence-corrected chi connectivity index (χ0v) is 12.1. The van der Waals surface area contributed by atoms with E-state index >= 15 is 0 Å². The first-order chi connectivity index (χ1) is 10.7. The van der Waals surface area contributed by atoms with Gasteiger partial charge in [0, 0.05) is 16.7 Å². The Balaban J connectivity index is 1.71. The third-order valence-corrected chi connectivity index (χ3v) is 4.14. The molecule has 1 N–H and O–H groups in total. The highest BCUT2D eigenvalue weighted by Gasteiger charge is 2.18. The van der Waals surface area contributed by atoms with Gasteiger partial charge < -0.3 is 14.5 Å². The van der Waals surface area contributed by atoms with E-state index in [4.69, 9.17) is 9.15 Å². The molecule has 2 heterocycles. The minimum atomic E-state index is -0.114. The van der Waals surface area contributed by atoms with Crippen LogP contribution >= 0.6 is 0 Å². The molecule has 0 bridgehead atoms. The van der Waals surface area contributed by atoms with Crippen LogP contribution in [0.4, 0.5) is 5.69 Å². The maximum atomic E-state index is 11.4. The first-order valence-corrected chi connectivity index (χ1v) is 7.23. The fraction of sp³-hybridized carbons (Fsp3) is 0.167. The number of amides is 1. The lowest BCUT2D eigenvalue weighted by Crippen LogP contribution is -2.25. The number of carbonyl (C=O) groups excluding carboxylic acids is 1. The van der Waals surface area contributed by atoms with Crippen LogP contribution in [0, 0.1) is 0 Å². The Hall–Kier alpha value is -2.75. The first-order valence-electron chi connectivity index (χ1n) is 7.23. The lowest BCUT2D eigenvalue weighted by molar-refractivity contribution is -0.118. The predicted octanol–water partition coefficient (Wildman–Crippen LogP) is 3.92. The number of benzene rings is 2. The topological polar surface area (TPSA) is 51.5 Å². The summed E-state index contributed by atoms with van der Waals surface area (Å²) in [5, 5.41) is 5.05. The van der Waals surface area contributed by atoms with E-state index in [1.807, 2.05) is 18.2 Å². The molecular weight excluding hydrogens is 278 g/mol. The van der Waals surface area contributed by atoms with Crippen molar-refractivity contribution in [1.29, 1.82) is 0 Å². The molecule has 0 fully saturated rings. The Kier molecular flexibility index (Phi) is 2.89. The summed E-state index contributed by atoms with van der Waals surface area (Å²) in [5.74, 6) is 0.821. The molecule has 1 aliphatic heterocycles. The fourth-order valence-corrected chi connectivity index (χ4v) is 2.82. The summed E-state index contributed by atoms with van der Waals surface area (Å²) in [6.07, 6.45) is 3.50. The van der Waals surface area contributed by atoms with Crippen LogP contribution in [0.1, 0.15) is 24.0 Å². The Morgan fingerprint density at radius 3 is 2.73 bits per heavy atom. The van der Waals surface area contributed by atoms with Gasteiger partial charge in [-0.1, -0.05) is 25.1 Å². The summed E-state index contributed by atoms with van der Waals surface area (Å²) >= 11 is 0. The number of hydrogen-bond donors (Lipinski definition) is 1. The van der Waals surface area contributed by atoms with Crippen molar-refractivity contribution in [2.24, 2.45) is 0 Å². The van der Waals surface area contributed by atoms with Crippen LogP contribution in [-0.2, 0) is 4.79 Å². The second kappa shape index (κ2) is 4.91. The van der Waals surface area contributed by atoms with Gasteiger partial charge in [0.25, 0.3) is 5.91 Å². The van der Waals surface area contributed by atoms with E-state index in [1.54, 1.807) is 12.5 Å². The van der Waals surface area contributed by atoms with Gasteiger partial charge in [-0.05, 0) is 29.3 Å². The summed E-state index contributed by atoms with van der Waals surface area (Å²) in [6.45, 7) is 2.23. The quantitative estimate of drug-likeness (QED) is 0.779. The molecule has 0 spiro atoms. The first kappa shape index (κ1) is 13.0. The number of nitrogens with one attached hydrogen (secondary N) is 1. The van der Waals surface area contributed by atoms with Crippen LogP contribution in [0.25, 0.3) is 10.8 Å². The highest BCUT2D eigenvalue weighted by molar-refractivity contribution is 5.95. The molecule has 1 unspecified atom stereocenters. The SMILES string of the molecule is CC(c1ccc2c(c1)NC(=O)CO2)c1ccc2cocc2c1. The van der Waals surface area contributed by atoms with Gasteiger partial charge in [-0.3, -0.25) is 4.79 Å². The summed E-state index contributed by atoms with van der Waals surface area (Å²) in [6, 6.07) is 12.2. The van der Waals surface area contributed by atoms with Crippen molar-refractivity contribution in [2.75, 3.05) is 11.9 Å². The van der Waals surface area contributed by atoms with E-state index in [0.717, 1.165) is 27.8 Å². The predicted molar refractivity (Wildman–Crippen MR) is 84.3 cm³/mol. The summed E-state index contributed by atoms with van der Waals surface area (Å²) in [7, 11) is 0. The molecule has 0 saturated heterocycles. The maximum absolute atomic E-state index is 11.4. The van der Waals surface area contributed by atoms with Crippen molar-refractivity contribution < 1.29 is 13.9 Å². The number of furan rings is 1. The van der Waals surface area contributed by atoms with E-state index in [2.05, 4.69) is 30.4 Å². The van der Waals surface area contributed by atoms with Gasteiger partial charge in [-0.15, -0.1) is 0 Å². The van der Waals surface area contributed by atoms with Crippen LogP contribution in [-0.4, -0.2) is 12.5 Å². The molecule has 2 aromatic carbocycles. The lowest BCUT2D eigenvalue weighted by Gasteiger charge is -2.20. The molecule has 1 amide bonds. The number of rotatable bonds is 2. The third kappa shape index (κ3) is 2.13. The Labute approximate surface area is 127 Å². The molecule has 3 aromatic rings. The molecule has 4 heteroatoms. The standard InChI is InChI=1S/C18H15NO3/c1-11(12-2-3-14-8-21-9-15(14)6-12)13-4-5-17-16(7-13)19-18(20)10-22-17/h2-9,11H,10H2,1H3,(H,19,20). The Bertz CT molecular complexity index is 866. The van der Waals surface area contributed by atoms with Crippen LogP contribution < -0.4 is 10.1 Å². The van der Waals surface area contributed by atoms with Gasteiger partial charge in [0.2, 0.25) is 0 Å². The number of fused-ring (bicyclic) bond motifs is 2.